The number of carbonyl (C=O) groups is 1. The van der Waals surface area contributed by atoms with Crippen LogP contribution in [-0.2, 0) is 11.3 Å². The van der Waals surface area contributed by atoms with Crippen LogP contribution in [0.4, 0.5) is 0 Å². The lowest BCUT2D eigenvalue weighted by Gasteiger charge is -2.04. The van der Waals surface area contributed by atoms with Gasteiger partial charge < -0.3 is 5.32 Å². The average molecular weight is 354 g/mol. The monoisotopic (exact) mass is 353 g/mol. The van der Waals surface area contributed by atoms with E-state index in [-0.39, 0.29) is 5.91 Å². The van der Waals surface area contributed by atoms with E-state index in [1.54, 1.807) is 16.5 Å². The molecule has 0 aliphatic heterocycles. The molecule has 128 valence electrons. The Bertz CT molecular complexity index is 910. The molecule has 0 bridgehead atoms. The van der Waals surface area contributed by atoms with E-state index in [2.05, 4.69) is 36.3 Å². The minimum Gasteiger partial charge on any atom is -0.347 e. The van der Waals surface area contributed by atoms with Gasteiger partial charge in [0.05, 0.1) is 12.2 Å². The zero-order chi connectivity index (χ0) is 17.8. The second-order valence-electron chi connectivity index (χ2n) is 6.18. The molecule has 0 fully saturated rings. The van der Waals surface area contributed by atoms with Gasteiger partial charge in [-0.05, 0) is 35.3 Å². The van der Waals surface area contributed by atoms with Crippen LogP contribution in [0.25, 0.3) is 11.7 Å². The number of hydrogen-bond acceptors (Lipinski definition) is 2. The zero-order valence-electron chi connectivity index (χ0n) is 14.2. The topological polar surface area (TPSA) is 46.4 Å². The van der Waals surface area contributed by atoms with E-state index in [1.165, 1.54) is 11.6 Å². The molecule has 2 heterocycles. The van der Waals surface area contributed by atoms with Crippen molar-refractivity contribution in [1.29, 1.82) is 0 Å². The van der Waals surface area contributed by atoms with E-state index in [0.29, 0.717) is 17.6 Å². The summed E-state index contributed by atoms with van der Waals surface area (Å²) in [4.78, 5) is 16.4. The predicted molar refractivity (Wildman–Crippen MR) is 102 cm³/mol. The van der Waals surface area contributed by atoms with E-state index in [1.807, 2.05) is 30.5 Å². The van der Waals surface area contributed by atoms with Crippen molar-refractivity contribution in [1.82, 2.24) is 14.7 Å². The highest BCUT2D eigenvalue weighted by Crippen LogP contribution is 2.15. The van der Waals surface area contributed by atoms with E-state index >= 15 is 0 Å². The van der Waals surface area contributed by atoms with Crippen LogP contribution < -0.4 is 5.32 Å². The lowest BCUT2D eigenvalue weighted by Crippen LogP contribution is -2.20. The van der Waals surface area contributed by atoms with Gasteiger partial charge in [0.15, 0.2) is 0 Å². The molecule has 25 heavy (non-hydrogen) atoms. The van der Waals surface area contributed by atoms with Crippen molar-refractivity contribution in [2.24, 2.45) is 0 Å². The Hall–Kier alpha value is -2.59. The number of aromatic nitrogens is 2. The minimum atomic E-state index is -0.156. The van der Waals surface area contributed by atoms with Gasteiger partial charge in [0.2, 0.25) is 5.91 Å². The molecule has 3 aromatic rings. The summed E-state index contributed by atoms with van der Waals surface area (Å²) in [5.74, 6) is 0.344. The molecule has 0 aliphatic carbocycles. The van der Waals surface area contributed by atoms with Gasteiger partial charge in [-0.15, -0.1) is 0 Å². The van der Waals surface area contributed by atoms with Gasteiger partial charge in [-0.3, -0.25) is 9.20 Å². The first-order valence-electron chi connectivity index (χ1n) is 8.21. The Morgan fingerprint density at radius 3 is 2.68 bits per heavy atom. The summed E-state index contributed by atoms with van der Waals surface area (Å²) in [6.07, 6.45) is 5.17. The van der Waals surface area contributed by atoms with E-state index in [9.17, 15) is 4.79 Å². The number of hydrogen-bond donors (Lipinski definition) is 1. The zero-order valence-corrected chi connectivity index (χ0v) is 15.0. The van der Waals surface area contributed by atoms with Crippen LogP contribution in [0.5, 0.6) is 0 Å². The van der Waals surface area contributed by atoms with Gasteiger partial charge in [-0.25, -0.2) is 4.98 Å². The number of rotatable bonds is 5. The second kappa shape index (κ2) is 7.53. The highest BCUT2D eigenvalue weighted by Gasteiger charge is 2.05. The van der Waals surface area contributed by atoms with Crippen LogP contribution in [0.2, 0.25) is 5.15 Å². The molecule has 0 atom stereocenters. The van der Waals surface area contributed by atoms with E-state index < -0.39 is 0 Å². The van der Waals surface area contributed by atoms with Crippen molar-refractivity contribution < 1.29 is 4.79 Å². The minimum absolute atomic E-state index is 0.156. The third kappa shape index (κ3) is 4.28. The van der Waals surface area contributed by atoms with E-state index in [0.717, 1.165) is 16.9 Å². The maximum Gasteiger partial charge on any atom is 0.244 e. The first-order valence-corrected chi connectivity index (χ1v) is 8.59. The van der Waals surface area contributed by atoms with Crippen molar-refractivity contribution in [3.05, 3.63) is 76.7 Å². The lowest BCUT2D eigenvalue weighted by atomic mass is 10.0. The third-order valence-corrected chi connectivity index (χ3v) is 4.27. The average Bonchev–Trinajstić information content (AvgIpc) is 3.03. The van der Waals surface area contributed by atoms with Gasteiger partial charge in [-0.2, -0.15) is 0 Å². The summed E-state index contributed by atoms with van der Waals surface area (Å²) in [5.41, 5.74) is 3.81. The maximum absolute atomic E-state index is 12.0. The van der Waals surface area contributed by atoms with Crippen LogP contribution >= 0.6 is 11.6 Å². The largest absolute Gasteiger partial charge is 0.347 e. The Kier molecular flexibility index (Phi) is 5.19. The number of fused-ring (bicyclic) bond motifs is 1. The summed E-state index contributed by atoms with van der Waals surface area (Å²) < 4.78 is 1.79. The molecule has 0 unspecified atom stereocenters. The van der Waals surface area contributed by atoms with Gasteiger partial charge >= 0.3 is 0 Å². The molecule has 5 heteroatoms. The van der Waals surface area contributed by atoms with Crippen LogP contribution in [0.1, 0.15) is 36.6 Å². The van der Waals surface area contributed by atoms with Gasteiger partial charge in [-0.1, -0.05) is 55.8 Å². The SMILES string of the molecule is CC(C)c1ccc(/C=C/C(=O)NCc2cn3c(Cl)cccc3n2)cc1. The van der Waals surface area contributed by atoms with Crippen molar-refractivity contribution in [2.45, 2.75) is 26.3 Å². The molecule has 0 aliphatic rings. The highest BCUT2D eigenvalue weighted by atomic mass is 35.5. The van der Waals surface area contributed by atoms with Crippen LogP contribution in [0.3, 0.4) is 0 Å². The van der Waals surface area contributed by atoms with Crippen LogP contribution in [-0.4, -0.2) is 15.3 Å². The first-order chi connectivity index (χ1) is 12.0. The quantitative estimate of drug-likeness (QED) is 0.544. The van der Waals surface area contributed by atoms with Gasteiger partial charge in [0, 0.05) is 12.3 Å². The number of nitrogens with zero attached hydrogens (tertiary/aromatic N) is 2. The van der Waals surface area contributed by atoms with E-state index in [4.69, 9.17) is 11.6 Å². The lowest BCUT2D eigenvalue weighted by molar-refractivity contribution is -0.116. The molecule has 3 rings (SSSR count). The summed E-state index contributed by atoms with van der Waals surface area (Å²) in [6, 6.07) is 13.7. The van der Waals surface area contributed by atoms with Crippen molar-refractivity contribution in [2.75, 3.05) is 0 Å². The van der Waals surface area contributed by atoms with Gasteiger partial charge in [0.1, 0.15) is 10.8 Å². The summed E-state index contributed by atoms with van der Waals surface area (Å²) in [6.45, 7) is 4.67. The molecule has 0 spiro atoms. The van der Waals surface area contributed by atoms with Crippen LogP contribution in [0, 0.1) is 0 Å². The Morgan fingerprint density at radius 2 is 2.00 bits per heavy atom. The number of pyridine rings is 1. The number of halogens is 1. The fraction of sp³-hybridized carbons (Fsp3) is 0.200. The summed E-state index contributed by atoms with van der Waals surface area (Å²) >= 11 is 6.11. The molecule has 0 saturated heterocycles. The fourth-order valence-corrected chi connectivity index (χ4v) is 2.72. The van der Waals surface area contributed by atoms with Crippen molar-refractivity contribution in [3.8, 4) is 0 Å². The van der Waals surface area contributed by atoms with Crippen molar-refractivity contribution >= 4 is 29.2 Å². The third-order valence-electron chi connectivity index (χ3n) is 3.97. The molecular weight excluding hydrogens is 334 g/mol. The smallest absolute Gasteiger partial charge is 0.244 e. The highest BCUT2D eigenvalue weighted by molar-refractivity contribution is 6.29. The fourth-order valence-electron chi connectivity index (χ4n) is 2.51. The Labute approximate surface area is 152 Å². The Morgan fingerprint density at radius 1 is 1.24 bits per heavy atom. The van der Waals surface area contributed by atoms with Crippen molar-refractivity contribution in [3.63, 3.8) is 0 Å². The van der Waals surface area contributed by atoms with Crippen LogP contribution in [0.15, 0.2) is 54.7 Å². The number of carbonyl (C=O) groups excluding carboxylic acids is 1. The molecule has 1 amide bonds. The molecule has 0 saturated carbocycles. The number of amides is 1. The molecule has 4 nitrogen and oxygen atoms in total. The Balaban J connectivity index is 1.59. The summed E-state index contributed by atoms with van der Waals surface area (Å²) in [5, 5.41) is 3.42. The summed E-state index contributed by atoms with van der Waals surface area (Å²) in [7, 11) is 0. The van der Waals surface area contributed by atoms with Gasteiger partial charge in [0.25, 0.3) is 0 Å². The maximum atomic E-state index is 12.0. The first kappa shape index (κ1) is 17.2. The molecule has 2 aromatic heterocycles. The molecule has 1 aromatic carbocycles. The number of benzene rings is 1. The number of nitrogens with one attached hydrogen (secondary N) is 1. The predicted octanol–water partition coefficient (Wildman–Crippen LogP) is 4.44. The normalized spacial score (nSPS) is 11.5. The molecular formula is C20H20ClN3O. The molecule has 1 N–H and O–H groups in total. The molecule has 0 radical (unpaired) electrons. The second-order valence-corrected chi connectivity index (χ2v) is 6.57. The standard InChI is InChI=1S/C20H20ClN3O/c1-14(2)16-9-6-15(7-10-16)8-11-20(25)22-12-17-13-24-18(21)4-3-5-19(24)23-17/h3-11,13-14H,12H2,1-2H3,(H,22,25)/b11-8+. The number of imidazole rings is 1.